The van der Waals surface area contributed by atoms with Gasteiger partial charge in [-0.15, -0.1) is 0 Å². The second-order valence-corrected chi connectivity index (χ2v) is 6.26. The lowest BCUT2D eigenvalue weighted by atomic mass is 9.79. The Labute approximate surface area is 73.2 Å². The predicted molar refractivity (Wildman–Crippen MR) is 47.5 cm³/mol. The van der Waals surface area contributed by atoms with Crippen LogP contribution in [-0.4, -0.2) is 26.0 Å². The molecule has 2 N–H and O–H groups in total. The Morgan fingerprint density at radius 2 is 1.58 bits per heavy atom. The summed E-state index contributed by atoms with van der Waals surface area (Å²) in [6.45, 7) is 0. The molecule has 0 radical (unpaired) electrons. The van der Waals surface area contributed by atoms with Crippen molar-refractivity contribution >= 4 is 9.84 Å². The van der Waals surface area contributed by atoms with Crippen molar-refractivity contribution in [2.24, 2.45) is 17.6 Å². The summed E-state index contributed by atoms with van der Waals surface area (Å²) in [6, 6.07) is 0.155. The monoisotopic (exact) mass is 189 g/mol. The van der Waals surface area contributed by atoms with Gasteiger partial charge in [0.05, 0.1) is 11.5 Å². The van der Waals surface area contributed by atoms with Crippen LogP contribution in [-0.2, 0) is 9.84 Å². The van der Waals surface area contributed by atoms with Crippen LogP contribution in [0.5, 0.6) is 0 Å². The van der Waals surface area contributed by atoms with E-state index in [9.17, 15) is 8.42 Å². The highest BCUT2D eigenvalue weighted by Crippen LogP contribution is 2.34. The summed E-state index contributed by atoms with van der Waals surface area (Å²) in [4.78, 5) is 0. The number of fused-ring (bicyclic) bond motifs is 2. The summed E-state index contributed by atoms with van der Waals surface area (Å²) >= 11 is 0. The van der Waals surface area contributed by atoms with E-state index in [1.54, 1.807) is 0 Å². The lowest BCUT2D eigenvalue weighted by molar-refractivity contribution is 0.240. The molecule has 0 aromatic heterocycles. The average molecular weight is 189 g/mol. The first-order valence-corrected chi connectivity index (χ1v) is 6.37. The topological polar surface area (TPSA) is 60.2 Å². The van der Waals surface area contributed by atoms with Crippen molar-refractivity contribution in [1.82, 2.24) is 0 Å². The Kier molecular flexibility index (Phi) is 1.92. The van der Waals surface area contributed by atoms with Crippen molar-refractivity contribution in [2.45, 2.75) is 25.3 Å². The normalized spacial score (nSPS) is 45.6. The van der Waals surface area contributed by atoms with Gasteiger partial charge < -0.3 is 5.73 Å². The average Bonchev–Trinajstić information content (AvgIpc) is 1.92. The van der Waals surface area contributed by atoms with Crippen LogP contribution >= 0.6 is 0 Å². The third-order valence-corrected chi connectivity index (χ3v) is 5.05. The number of sulfone groups is 1. The van der Waals surface area contributed by atoms with Crippen molar-refractivity contribution in [2.75, 3.05) is 11.5 Å². The number of hydrogen-bond donors (Lipinski definition) is 1. The molecule has 0 aromatic carbocycles. The van der Waals surface area contributed by atoms with E-state index in [0.29, 0.717) is 11.5 Å². The van der Waals surface area contributed by atoms with Gasteiger partial charge in [0.15, 0.2) is 9.84 Å². The Morgan fingerprint density at radius 3 is 2.08 bits per heavy atom. The summed E-state index contributed by atoms with van der Waals surface area (Å²) in [7, 11) is -2.75. The quantitative estimate of drug-likeness (QED) is 0.590. The zero-order valence-corrected chi connectivity index (χ0v) is 7.89. The molecule has 0 aromatic rings. The van der Waals surface area contributed by atoms with Crippen LogP contribution in [0.25, 0.3) is 0 Å². The van der Waals surface area contributed by atoms with Gasteiger partial charge in [-0.25, -0.2) is 8.42 Å². The zero-order valence-electron chi connectivity index (χ0n) is 7.07. The Hall–Kier alpha value is -0.0900. The number of nitrogens with two attached hydrogens (primary N) is 1. The minimum atomic E-state index is -2.75. The molecule has 2 rings (SSSR count). The fraction of sp³-hybridized carbons (Fsp3) is 1.00. The molecule has 1 saturated carbocycles. The van der Waals surface area contributed by atoms with Crippen LogP contribution in [0, 0.1) is 11.8 Å². The van der Waals surface area contributed by atoms with Gasteiger partial charge in [0.2, 0.25) is 0 Å². The Morgan fingerprint density at radius 1 is 1.08 bits per heavy atom. The van der Waals surface area contributed by atoms with Gasteiger partial charge in [0, 0.05) is 6.04 Å². The molecular weight excluding hydrogens is 174 g/mol. The summed E-state index contributed by atoms with van der Waals surface area (Å²) < 4.78 is 22.7. The molecule has 1 heterocycles. The molecule has 2 unspecified atom stereocenters. The highest BCUT2D eigenvalue weighted by Gasteiger charge is 2.40. The molecular formula is C8H15NO2S. The molecule has 70 valence electrons. The first-order valence-electron chi connectivity index (χ1n) is 4.54. The van der Waals surface area contributed by atoms with Gasteiger partial charge in [-0.1, -0.05) is 6.42 Å². The molecule has 0 spiro atoms. The molecule has 12 heavy (non-hydrogen) atoms. The number of rotatable bonds is 0. The van der Waals surface area contributed by atoms with Gasteiger partial charge in [-0.3, -0.25) is 0 Å². The first kappa shape index (κ1) is 8.51. The largest absolute Gasteiger partial charge is 0.327 e. The molecule has 2 atom stereocenters. The lowest BCUT2D eigenvalue weighted by Crippen LogP contribution is -2.51. The summed E-state index contributed by atoms with van der Waals surface area (Å²) in [5.74, 6) is 1.18. The first-order chi connectivity index (χ1) is 5.58. The molecule has 2 aliphatic rings. The Bertz CT molecular complexity index is 253. The molecule has 3 nitrogen and oxygen atoms in total. The molecule has 1 aliphatic carbocycles. The summed E-state index contributed by atoms with van der Waals surface area (Å²) in [5.41, 5.74) is 5.94. The molecule has 0 amide bonds. The van der Waals surface area contributed by atoms with Gasteiger partial charge in [0.25, 0.3) is 0 Å². The second-order valence-electron chi connectivity index (χ2n) is 4.11. The maximum atomic E-state index is 11.4. The van der Waals surface area contributed by atoms with E-state index in [1.165, 1.54) is 6.42 Å². The van der Waals surface area contributed by atoms with E-state index in [0.717, 1.165) is 12.8 Å². The van der Waals surface area contributed by atoms with Crippen molar-refractivity contribution in [3.63, 3.8) is 0 Å². The standard InChI is InChI=1S/C8H15NO2S/c9-8-6-2-1-3-7(8)5-12(10,11)4-6/h6-8H,1-5,9H2. The predicted octanol–water partition coefficient (Wildman–Crippen LogP) is 0.158. The van der Waals surface area contributed by atoms with Crippen LogP contribution in [0.3, 0.4) is 0 Å². The van der Waals surface area contributed by atoms with E-state index < -0.39 is 9.84 Å². The van der Waals surface area contributed by atoms with E-state index in [1.807, 2.05) is 0 Å². The van der Waals surface area contributed by atoms with Gasteiger partial charge >= 0.3 is 0 Å². The van der Waals surface area contributed by atoms with Gasteiger partial charge in [0.1, 0.15) is 0 Å². The summed E-state index contributed by atoms with van der Waals surface area (Å²) in [6.07, 6.45) is 3.19. The van der Waals surface area contributed by atoms with Crippen LogP contribution in [0.2, 0.25) is 0 Å². The molecule has 4 heteroatoms. The van der Waals surface area contributed by atoms with Crippen molar-refractivity contribution in [3.8, 4) is 0 Å². The van der Waals surface area contributed by atoms with Gasteiger partial charge in [-0.2, -0.15) is 0 Å². The lowest BCUT2D eigenvalue weighted by Gasteiger charge is -2.39. The maximum Gasteiger partial charge on any atom is 0.150 e. The fourth-order valence-electron chi connectivity index (χ4n) is 2.52. The third kappa shape index (κ3) is 1.38. The Balaban J connectivity index is 2.23. The minimum absolute atomic E-state index is 0.155. The van der Waals surface area contributed by atoms with E-state index in [4.69, 9.17) is 5.73 Å². The van der Waals surface area contributed by atoms with Crippen LogP contribution < -0.4 is 5.73 Å². The second kappa shape index (κ2) is 2.70. The van der Waals surface area contributed by atoms with E-state index >= 15 is 0 Å². The van der Waals surface area contributed by atoms with E-state index in [2.05, 4.69) is 0 Å². The van der Waals surface area contributed by atoms with Crippen molar-refractivity contribution < 1.29 is 8.42 Å². The highest BCUT2D eigenvalue weighted by atomic mass is 32.2. The minimum Gasteiger partial charge on any atom is -0.327 e. The summed E-state index contributed by atoms with van der Waals surface area (Å²) in [5, 5.41) is 0. The molecule has 1 aliphatic heterocycles. The smallest absolute Gasteiger partial charge is 0.150 e. The third-order valence-electron chi connectivity index (χ3n) is 3.17. The molecule has 1 saturated heterocycles. The van der Waals surface area contributed by atoms with E-state index in [-0.39, 0.29) is 17.9 Å². The van der Waals surface area contributed by atoms with Crippen LogP contribution in [0.4, 0.5) is 0 Å². The SMILES string of the molecule is NC1C2CCCC1CS(=O)(=O)C2. The fourth-order valence-corrected chi connectivity index (χ4v) is 4.74. The van der Waals surface area contributed by atoms with Crippen molar-refractivity contribution in [1.29, 1.82) is 0 Å². The molecule has 2 fully saturated rings. The van der Waals surface area contributed by atoms with Crippen molar-refractivity contribution in [3.05, 3.63) is 0 Å². The van der Waals surface area contributed by atoms with Crippen LogP contribution in [0.1, 0.15) is 19.3 Å². The maximum absolute atomic E-state index is 11.4. The highest BCUT2D eigenvalue weighted by molar-refractivity contribution is 7.91. The molecule has 2 bridgehead atoms. The zero-order chi connectivity index (χ0) is 8.77. The number of hydrogen-bond acceptors (Lipinski definition) is 3. The van der Waals surface area contributed by atoms with Gasteiger partial charge in [-0.05, 0) is 24.7 Å². The van der Waals surface area contributed by atoms with Crippen LogP contribution in [0.15, 0.2) is 0 Å².